The van der Waals surface area contributed by atoms with Crippen molar-refractivity contribution >= 4 is 0 Å². The molecule has 0 aliphatic rings. The molecular weight excluding hydrogens is 190 g/mol. The summed E-state index contributed by atoms with van der Waals surface area (Å²) in [5, 5.41) is 9.24. The Labute approximate surface area is 80.3 Å². The molecule has 0 aromatic heterocycles. The third-order valence-electron chi connectivity index (χ3n) is 1.98. The average Bonchev–Trinajstić information content (AvgIpc) is 2.15. The topological polar surface area (TPSA) is 72.3 Å². The van der Waals surface area contributed by atoms with Crippen LogP contribution in [-0.2, 0) is 0 Å². The zero-order valence-corrected chi connectivity index (χ0v) is 7.50. The third-order valence-corrected chi connectivity index (χ3v) is 1.98. The van der Waals surface area contributed by atoms with E-state index in [4.69, 9.17) is 11.5 Å². The number of nitrogens with two attached hydrogens (primary N) is 2. The standard InChI is InChI=1S/C9H12F2N2O/c10-6-2-1-5(7(13)3-4-12)9(14)8(6)11/h1-2,7,14H,3-4,12-13H2/t7-/m0/s1. The Morgan fingerprint density at radius 2 is 2.00 bits per heavy atom. The van der Waals surface area contributed by atoms with Crippen molar-refractivity contribution in [1.82, 2.24) is 0 Å². The fraction of sp³-hybridized carbons (Fsp3) is 0.333. The Balaban J connectivity index is 3.04. The zero-order valence-electron chi connectivity index (χ0n) is 7.50. The predicted molar refractivity (Wildman–Crippen MR) is 48.6 cm³/mol. The molecular formula is C9H12F2N2O. The van der Waals surface area contributed by atoms with Crippen LogP contribution in [0.4, 0.5) is 8.78 Å². The van der Waals surface area contributed by atoms with Gasteiger partial charge in [0, 0.05) is 11.6 Å². The normalized spacial score (nSPS) is 12.9. The highest BCUT2D eigenvalue weighted by molar-refractivity contribution is 5.36. The summed E-state index contributed by atoms with van der Waals surface area (Å²) in [6.07, 6.45) is 0.401. The maximum absolute atomic E-state index is 12.9. The van der Waals surface area contributed by atoms with E-state index in [9.17, 15) is 13.9 Å². The van der Waals surface area contributed by atoms with Crippen LogP contribution in [0.5, 0.6) is 5.75 Å². The van der Waals surface area contributed by atoms with Gasteiger partial charge >= 0.3 is 0 Å². The van der Waals surface area contributed by atoms with Crippen LogP contribution in [0, 0.1) is 11.6 Å². The van der Waals surface area contributed by atoms with Crippen LogP contribution >= 0.6 is 0 Å². The van der Waals surface area contributed by atoms with Gasteiger partial charge in [0.2, 0.25) is 5.82 Å². The van der Waals surface area contributed by atoms with Gasteiger partial charge in [0.25, 0.3) is 0 Å². The Bertz CT molecular complexity index is 331. The molecule has 0 aliphatic heterocycles. The highest BCUT2D eigenvalue weighted by Crippen LogP contribution is 2.28. The molecule has 0 amide bonds. The van der Waals surface area contributed by atoms with E-state index in [0.717, 1.165) is 6.07 Å². The molecule has 0 spiro atoms. The molecule has 5 N–H and O–H groups in total. The van der Waals surface area contributed by atoms with Crippen molar-refractivity contribution in [1.29, 1.82) is 0 Å². The molecule has 0 unspecified atom stereocenters. The summed E-state index contributed by atoms with van der Waals surface area (Å²) < 4.78 is 25.5. The number of phenols is 1. The summed E-state index contributed by atoms with van der Waals surface area (Å²) in [5.74, 6) is -3.09. The predicted octanol–water partition coefficient (Wildman–Crippen LogP) is 1.02. The number of rotatable bonds is 3. The van der Waals surface area contributed by atoms with Crippen molar-refractivity contribution in [3.8, 4) is 5.75 Å². The molecule has 5 heteroatoms. The molecule has 0 radical (unpaired) electrons. The molecule has 1 rings (SSSR count). The summed E-state index contributed by atoms with van der Waals surface area (Å²) in [7, 11) is 0. The van der Waals surface area contributed by atoms with Gasteiger partial charge in [-0.3, -0.25) is 0 Å². The van der Waals surface area contributed by atoms with Crippen LogP contribution in [-0.4, -0.2) is 11.7 Å². The number of aromatic hydroxyl groups is 1. The lowest BCUT2D eigenvalue weighted by Gasteiger charge is -2.12. The number of phenolic OH excluding ortho intramolecular Hbond substituents is 1. The lowest BCUT2D eigenvalue weighted by atomic mass is 10.0. The molecule has 1 aromatic carbocycles. The number of hydrogen-bond acceptors (Lipinski definition) is 3. The van der Waals surface area contributed by atoms with E-state index in [1.807, 2.05) is 0 Å². The average molecular weight is 202 g/mol. The van der Waals surface area contributed by atoms with Crippen LogP contribution in [0.3, 0.4) is 0 Å². The van der Waals surface area contributed by atoms with E-state index in [2.05, 4.69) is 0 Å². The van der Waals surface area contributed by atoms with Crippen LogP contribution in [0.2, 0.25) is 0 Å². The second-order valence-electron chi connectivity index (χ2n) is 2.98. The second kappa shape index (κ2) is 4.34. The second-order valence-corrected chi connectivity index (χ2v) is 2.98. The smallest absolute Gasteiger partial charge is 0.200 e. The van der Waals surface area contributed by atoms with E-state index < -0.39 is 23.4 Å². The lowest BCUT2D eigenvalue weighted by Crippen LogP contribution is -2.15. The molecule has 1 atom stereocenters. The Morgan fingerprint density at radius 3 is 2.57 bits per heavy atom. The van der Waals surface area contributed by atoms with Crippen molar-refractivity contribution in [2.75, 3.05) is 6.54 Å². The summed E-state index contributed by atoms with van der Waals surface area (Å²) in [6.45, 7) is 0.319. The zero-order chi connectivity index (χ0) is 10.7. The minimum Gasteiger partial charge on any atom is -0.505 e. The number of hydrogen-bond donors (Lipinski definition) is 3. The number of benzene rings is 1. The van der Waals surface area contributed by atoms with Gasteiger partial charge in [-0.25, -0.2) is 4.39 Å². The van der Waals surface area contributed by atoms with Gasteiger partial charge in [-0.1, -0.05) is 6.07 Å². The molecule has 0 aliphatic carbocycles. The summed E-state index contributed by atoms with van der Waals surface area (Å²) >= 11 is 0. The minimum absolute atomic E-state index is 0.175. The van der Waals surface area contributed by atoms with Crippen molar-refractivity contribution in [2.24, 2.45) is 11.5 Å². The van der Waals surface area contributed by atoms with Crippen molar-refractivity contribution < 1.29 is 13.9 Å². The van der Waals surface area contributed by atoms with Crippen LogP contribution in [0.15, 0.2) is 12.1 Å². The maximum atomic E-state index is 12.9. The minimum atomic E-state index is -1.27. The molecule has 0 heterocycles. The first kappa shape index (κ1) is 10.9. The summed E-state index contributed by atoms with van der Waals surface area (Å²) in [5.41, 5.74) is 11.0. The van der Waals surface area contributed by atoms with Gasteiger partial charge in [-0.2, -0.15) is 4.39 Å². The van der Waals surface area contributed by atoms with Gasteiger partial charge in [0.05, 0.1) is 0 Å². The Kier molecular flexibility index (Phi) is 3.38. The third kappa shape index (κ3) is 2.00. The molecule has 0 fully saturated rings. The summed E-state index contributed by atoms with van der Waals surface area (Å²) in [4.78, 5) is 0. The van der Waals surface area contributed by atoms with Gasteiger partial charge in [0.15, 0.2) is 11.6 Å². The first-order chi connectivity index (χ1) is 6.57. The van der Waals surface area contributed by atoms with Gasteiger partial charge in [0.1, 0.15) is 0 Å². The first-order valence-electron chi connectivity index (χ1n) is 4.20. The van der Waals surface area contributed by atoms with Gasteiger partial charge in [-0.15, -0.1) is 0 Å². The van der Waals surface area contributed by atoms with E-state index in [1.165, 1.54) is 6.07 Å². The molecule has 0 saturated heterocycles. The van der Waals surface area contributed by atoms with Gasteiger partial charge in [-0.05, 0) is 19.0 Å². The van der Waals surface area contributed by atoms with E-state index in [1.54, 1.807) is 0 Å². The SMILES string of the molecule is NCC[C@H](N)c1ccc(F)c(F)c1O. The van der Waals surface area contributed by atoms with Gasteiger partial charge < -0.3 is 16.6 Å². The Morgan fingerprint density at radius 1 is 1.36 bits per heavy atom. The monoisotopic (exact) mass is 202 g/mol. The molecule has 78 valence electrons. The molecule has 14 heavy (non-hydrogen) atoms. The van der Waals surface area contributed by atoms with E-state index >= 15 is 0 Å². The highest BCUT2D eigenvalue weighted by atomic mass is 19.2. The summed E-state index contributed by atoms with van der Waals surface area (Å²) in [6, 6.07) is 1.62. The van der Waals surface area contributed by atoms with Crippen LogP contribution < -0.4 is 11.5 Å². The molecule has 1 aromatic rings. The van der Waals surface area contributed by atoms with Crippen LogP contribution in [0.25, 0.3) is 0 Å². The van der Waals surface area contributed by atoms with Crippen molar-refractivity contribution in [3.63, 3.8) is 0 Å². The number of halogens is 2. The molecule has 3 nitrogen and oxygen atoms in total. The Hall–Kier alpha value is -1.20. The van der Waals surface area contributed by atoms with Crippen molar-refractivity contribution in [2.45, 2.75) is 12.5 Å². The van der Waals surface area contributed by atoms with E-state index in [-0.39, 0.29) is 5.56 Å². The molecule has 0 saturated carbocycles. The van der Waals surface area contributed by atoms with Crippen LogP contribution in [0.1, 0.15) is 18.0 Å². The fourth-order valence-electron chi connectivity index (χ4n) is 1.19. The van der Waals surface area contributed by atoms with E-state index in [0.29, 0.717) is 13.0 Å². The lowest BCUT2D eigenvalue weighted by molar-refractivity contribution is 0.396. The fourth-order valence-corrected chi connectivity index (χ4v) is 1.19. The first-order valence-corrected chi connectivity index (χ1v) is 4.20. The molecule has 0 bridgehead atoms. The highest BCUT2D eigenvalue weighted by Gasteiger charge is 2.16. The van der Waals surface area contributed by atoms with Crippen molar-refractivity contribution in [3.05, 3.63) is 29.3 Å². The maximum Gasteiger partial charge on any atom is 0.200 e. The quantitative estimate of drug-likeness (QED) is 0.685. The largest absolute Gasteiger partial charge is 0.505 e.